The van der Waals surface area contributed by atoms with Gasteiger partial charge in [-0.05, 0) is 24.3 Å². The van der Waals surface area contributed by atoms with Crippen molar-refractivity contribution in [2.24, 2.45) is 7.05 Å². The third kappa shape index (κ3) is 1.89. The van der Waals surface area contributed by atoms with Crippen molar-refractivity contribution in [3.8, 4) is 17.1 Å². The van der Waals surface area contributed by atoms with Crippen LogP contribution < -0.4 is 10.5 Å². The number of anilines is 1. The number of aromatic nitrogens is 3. The van der Waals surface area contributed by atoms with E-state index in [4.69, 9.17) is 10.5 Å². The van der Waals surface area contributed by atoms with Gasteiger partial charge >= 0.3 is 0 Å². The van der Waals surface area contributed by atoms with E-state index in [1.807, 2.05) is 42.1 Å². The number of nitrogens with zero attached hydrogens (tertiary/aromatic N) is 3. The zero-order valence-corrected chi connectivity index (χ0v) is 10.8. The lowest BCUT2D eigenvalue weighted by Gasteiger charge is -2.01. The molecule has 5 nitrogen and oxygen atoms in total. The molecule has 3 aromatic rings. The smallest absolute Gasteiger partial charge is 0.213 e. The van der Waals surface area contributed by atoms with Crippen LogP contribution in [0.2, 0.25) is 0 Å². The van der Waals surface area contributed by atoms with Crippen LogP contribution in [-0.4, -0.2) is 21.9 Å². The standard InChI is InChI=1S/C14H14N4O/c1-18-12-4-3-10(15)8-11(12)14(17-18)9-5-6-16-13(7-9)19-2/h3-8H,15H2,1-2H3. The SMILES string of the molecule is COc1cc(-c2nn(C)c3ccc(N)cc23)ccn1. The lowest BCUT2D eigenvalue weighted by atomic mass is 10.1. The first-order chi connectivity index (χ1) is 9.19. The second-order valence-corrected chi connectivity index (χ2v) is 4.34. The lowest BCUT2D eigenvalue weighted by Crippen LogP contribution is -1.91. The Labute approximate surface area is 110 Å². The molecule has 2 heterocycles. The fraction of sp³-hybridized carbons (Fsp3) is 0.143. The summed E-state index contributed by atoms with van der Waals surface area (Å²) in [5.74, 6) is 0.570. The normalized spacial score (nSPS) is 10.8. The highest BCUT2D eigenvalue weighted by atomic mass is 16.5. The van der Waals surface area contributed by atoms with Crippen LogP contribution in [0, 0.1) is 0 Å². The number of rotatable bonds is 2. The Morgan fingerprint density at radius 2 is 2.05 bits per heavy atom. The maximum absolute atomic E-state index is 5.86. The van der Waals surface area contributed by atoms with Gasteiger partial charge in [-0.15, -0.1) is 0 Å². The molecule has 0 unspecified atom stereocenters. The van der Waals surface area contributed by atoms with E-state index in [2.05, 4.69) is 10.1 Å². The van der Waals surface area contributed by atoms with E-state index in [1.54, 1.807) is 13.3 Å². The summed E-state index contributed by atoms with van der Waals surface area (Å²) in [6.07, 6.45) is 1.71. The van der Waals surface area contributed by atoms with Crippen molar-refractivity contribution < 1.29 is 4.74 Å². The van der Waals surface area contributed by atoms with Crippen LogP contribution in [0.5, 0.6) is 5.88 Å². The van der Waals surface area contributed by atoms with Gasteiger partial charge in [-0.1, -0.05) is 0 Å². The van der Waals surface area contributed by atoms with Gasteiger partial charge in [-0.2, -0.15) is 5.10 Å². The molecule has 5 heteroatoms. The summed E-state index contributed by atoms with van der Waals surface area (Å²) < 4.78 is 6.99. The van der Waals surface area contributed by atoms with Gasteiger partial charge in [-0.3, -0.25) is 4.68 Å². The number of nitrogen functional groups attached to an aromatic ring is 1. The number of hydrogen-bond acceptors (Lipinski definition) is 4. The quantitative estimate of drug-likeness (QED) is 0.712. The molecule has 2 aromatic heterocycles. The number of aryl methyl sites for hydroxylation is 1. The minimum Gasteiger partial charge on any atom is -0.481 e. The van der Waals surface area contributed by atoms with Gasteiger partial charge in [0.15, 0.2) is 0 Å². The second-order valence-electron chi connectivity index (χ2n) is 4.34. The summed E-state index contributed by atoms with van der Waals surface area (Å²) in [5.41, 5.74) is 9.47. The highest BCUT2D eigenvalue weighted by Crippen LogP contribution is 2.30. The molecule has 0 radical (unpaired) electrons. The van der Waals surface area contributed by atoms with E-state index < -0.39 is 0 Å². The predicted octanol–water partition coefficient (Wildman–Crippen LogP) is 2.23. The Hall–Kier alpha value is -2.56. The van der Waals surface area contributed by atoms with Crippen molar-refractivity contribution in [3.63, 3.8) is 0 Å². The van der Waals surface area contributed by atoms with Gasteiger partial charge in [0, 0.05) is 35.9 Å². The number of ether oxygens (including phenoxy) is 1. The van der Waals surface area contributed by atoms with Crippen molar-refractivity contribution in [1.29, 1.82) is 0 Å². The van der Waals surface area contributed by atoms with E-state index in [9.17, 15) is 0 Å². The van der Waals surface area contributed by atoms with Crippen LogP contribution in [0.25, 0.3) is 22.2 Å². The fourth-order valence-electron chi connectivity index (χ4n) is 2.16. The van der Waals surface area contributed by atoms with Crippen LogP contribution in [-0.2, 0) is 7.05 Å². The van der Waals surface area contributed by atoms with E-state index in [1.165, 1.54) is 0 Å². The summed E-state index contributed by atoms with van der Waals surface area (Å²) in [5, 5.41) is 5.58. The number of benzene rings is 1. The van der Waals surface area contributed by atoms with Crippen LogP contribution in [0.15, 0.2) is 36.5 Å². The average molecular weight is 254 g/mol. The number of methoxy groups -OCH3 is 1. The summed E-state index contributed by atoms with van der Waals surface area (Å²) in [4.78, 5) is 4.11. The molecule has 3 rings (SSSR count). The molecular formula is C14H14N4O. The molecule has 0 fully saturated rings. The van der Waals surface area contributed by atoms with Crippen LogP contribution >= 0.6 is 0 Å². The molecule has 2 N–H and O–H groups in total. The van der Waals surface area contributed by atoms with Gasteiger partial charge in [0.1, 0.15) is 5.69 Å². The number of hydrogen-bond donors (Lipinski definition) is 1. The van der Waals surface area contributed by atoms with Crippen LogP contribution in [0.3, 0.4) is 0 Å². The maximum Gasteiger partial charge on any atom is 0.213 e. The first-order valence-electron chi connectivity index (χ1n) is 5.91. The van der Waals surface area contributed by atoms with Gasteiger partial charge in [0.2, 0.25) is 5.88 Å². The number of nitrogens with two attached hydrogens (primary N) is 1. The zero-order chi connectivity index (χ0) is 13.4. The second kappa shape index (κ2) is 4.28. The third-order valence-electron chi connectivity index (χ3n) is 3.09. The molecule has 0 amide bonds. The fourth-order valence-corrected chi connectivity index (χ4v) is 2.16. The average Bonchev–Trinajstić information content (AvgIpc) is 2.75. The highest BCUT2D eigenvalue weighted by Gasteiger charge is 2.11. The van der Waals surface area contributed by atoms with Crippen molar-refractivity contribution in [2.75, 3.05) is 12.8 Å². The summed E-state index contributed by atoms with van der Waals surface area (Å²) >= 11 is 0. The first-order valence-corrected chi connectivity index (χ1v) is 5.91. The van der Waals surface area contributed by atoms with Crippen molar-refractivity contribution in [3.05, 3.63) is 36.5 Å². The predicted molar refractivity (Wildman–Crippen MR) is 74.9 cm³/mol. The molecule has 0 aliphatic heterocycles. The minimum absolute atomic E-state index is 0.570. The minimum atomic E-state index is 0.570. The molecule has 0 saturated carbocycles. The summed E-state index contributed by atoms with van der Waals surface area (Å²) in [6, 6.07) is 9.56. The first kappa shape index (κ1) is 11.5. The van der Waals surface area contributed by atoms with Crippen molar-refractivity contribution in [1.82, 2.24) is 14.8 Å². The zero-order valence-electron chi connectivity index (χ0n) is 10.8. The van der Waals surface area contributed by atoms with Gasteiger partial charge in [-0.25, -0.2) is 4.98 Å². The Balaban J connectivity index is 2.26. The summed E-state index contributed by atoms with van der Waals surface area (Å²) in [6.45, 7) is 0. The molecule has 0 bridgehead atoms. The molecule has 19 heavy (non-hydrogen) atoms. The van der Waals surface area contributed by atoms with Gasteiger partial charge in [0.05, 0.1) is 12.6 Å². The maximum atomic E-state index is 5.86. The molecule has 0 atom stereocenters. The number of fused-ring (bicyclic) bond motifs is 1. The molecule has 0 aliphatic carbocycles. The molecule has 1 aromatic carbocycles. The van der Waals surface area contributed by atoms with Gasteiger partial charge in [0.25, 0.3) is 0 Å². The molecule has 0 spiro atoms. The molecule has 96 valence electrons. The monoisotopic (exact) mass is 254 g/mol. The largest absolute Gasteiger partial charge is 0.481 e. The van der Waals surface area contributed by atoms with E-state index in [-0.39, 0.29) is 0 Å². The van der Waals surface area contributed by atoms with E-state index in [0.717, 1.165) is 27.8 Å². The molecular weight excluding hydrogens is 240 g/mol. The van der Waals surface area contributed by atoms with Crippen LogP contribution in [0.1, 0.15) is 0 Å². The van der Waals surface area contributed by atoms with E-state index in [0.29, 0.717) is 5.88 Å². The van der Waals surface area contributed by atoms with Crippen molar-refractivity contribution >= 4 is 16.6 Å². The lowest BCUT2D eigenvalue weighted by molar-refractivity contribution is 0.398. The third-order valence-corrected chi connectivity index (χ3v) is 3.09. The van der Waals surface area contributed by atoms with E-state index >= 15 is 0 Å². The van der Waals surface area contributed by atoms with Crippen LogP contribution in [0.4, 0.5) is 5.69 Å². The number of pyridine rings is 1. The highest BCUT2D eigenvalue weighted by molar-refractivity contribution is 5.95. The Bertz CT molecular complexity index is 748. The molecule has 0 saturated heterocycles. The Kier molecular flexibility index (Phi) is 2.59. The topological polar surface area (TPSA) is 66.0 Å². The Morgan fingerprint density at radius 1 is 1.21 bits per heavy atom. The Morgan fingerprint density at radius 3 is 2.84 bits per heavy atom. The van der Waals surface area contributed by atoms with Gasteiger partial charge < -0.3 is 10.5 Å². The summed E-state index contributed by atoms with van der Waals surface area (Å²) in [7, 11) is 3.51. The van der Waals surface area contributed by atoms with Crippen molar-refractivity contribution in [2.45, 2.75) is 0 Å². The molecule has 0 aliphatic rings.